The molecule has 0 radical (unpaired) electrons. The molecule has 2 aromatic carbocycles. The SMILES string of the molecule is CC(C)c1ccc(N(CCF)Sc2ccccc2)cc1.O=C=O. The summed E-state index contributed by atoms with van der Waals surface area (Å²) < 4.78 is 14.8. The number of benzene rings is 2. The Balaban J connectivity index is 0.000000816. The highest BCUT2D eigenvalue weighted by Crippen LogP contribution is 2.29. The Labute approximate surface area is 140 Å². The minimum Gasteiger partial charge on any atom is -0.310 e. The summed E-state index contributed by atoms with van der Waals surface area (Å²) in [5.74, 6) is 0.514. The maximum absolute atomic E-state index is 12.8. The highest BCUT2D eigenvalue weighted by Gasteiger charge is 2.09. The van der Waals surface area contributed by atoms with Crippen molar-refractivity contribution in [1.82, 2.24) is 0 Å². The van der Waals surface area contributed by atoms with E-state index in [9.17, 15) is 4.39 Å². The zero-order valence-electron chi connectivity index (χ0n) is 13.2. The van der Waals surface area contributed by atoms with Gasteiger partial charge in [0.15, 0.2) is 0 Å². The molecule has 5 heteroatoms. The van der Waals surface area contributed by atoms with E-state index in [0.29, 0.717) is 12.5 Å². The molecule has 0 N–H and O–H groups in total. The van der Waals surface area contributed by atoms with Crippen molar-refractivity contribution in [1.29, 1.82) is 0 Å². The zero-order chi connectivity index (χ0) is 17.1. The van der Waals surface area contributed by atoms with Gasteiger partial charge in [-0.05, 0) is 47.7 Å². The van der Waals surface area contributed by atoms with E-state index in [1.807, 2.05) is 34.6 Å². The van der Waals surface area contributed by atoms with E-state index < -0.39 is 0 Å². The van der Waals surface area contributed by atoms with E-state index in [1.165, 1.54) is 5.56 Å². The summed E-state index contributed by atoms with van der Waals surface area (Å²) in [7, 11) is 0. The number of carbonyl (C=O) groups excluding carboxylic acids is 2. The lowest BCUT2D eigenvalue weighted by Gasteiger charge is -2.22. The molecule has 0 atom stereocenters. The Morgan fingerprint density at radius 2 is 1.61 bits per heavy atom. The van der Waals surface area contributed by atoms with Crippen LogP contribution >= 0.6 is 11.9 Å². The Kier molecular flexibility index (Phi) is 8.73. The molecule has 0 bridgehead atoms. The van der Waals surface area contributed by atoms with Crippen molar-refractivity contribution in [2.24, 2.45) is 0 Å². The fourth-order valence-electron chi connectivity index (χ4n) is 1.94. The minimum absolute atomic E-state index is 0.250. The van der Waals surface area contributed by atoms with E-state index in [2.05, 4.69) is 38.1 Å². The van der Waals surface area contributed by atoms with Gasteiger partial charge in [0.1, 0.15) is 6.67 Å². The summed E-state index contributed by atoms with van der Waals surface area (Å²) in [6, 6.07) is 18.4. The van der Waals surface area contributed by atoms with Crippen molar-refractivity contribution in [3.63, 3.8) is 0 Å². The lowest BCUT2D eigenvalue weighted by atomic mass is 10.0. The molecule has 3 nitrogen and oxygen atoms in total. The summed E-state index contributed by atoms with van der Waals surface area (Å²) in [5.41, 5.74) is 2.35. The molecule has 0 aromatic heterocycles. The maximum atomic E-state index is 12.8. The molecule has 0 aliphatic rings. The molecule has 2 aromatic rings. The Hall–Kier alpha value is -2.10. The lowest BCUT2D eigenvalue weighted by molar-refractivity contribution is -0.191. The smallest absolute Gasteiger partial charge is 0.310 e. The van der Waals surface area contributed by atoms with Crippen LogP contribution < -0.4 is 4.31 Å². The molecule has 0 amide bonds. The molecule has 0 spiro atoms. The van der Waals surface area contributed by atoms with Crippen LogP contribution in [0.2, 0.25) is 0 Å². The minimum atomic E-state index is -0.355. The zero-order valence-corrected chi connectivity index (χ0v) is 14.1. The number of halogens is 1. The van der Waals surface area contributed by atoms with Gasteiger partial charge in [-0.15, -0.1) is 0 Å². The molecule has 0 aliphatic heterocycles. The summed E-state index contributed by atoms with van der Waals surface area (Å²) >= 11 is 1.57. The average Bonchev–Trinajstić information content (AvgIpc) is 2.56. The molecule has 2 rings (SSSR count). The predicted octanol–water partition coefficient (Wildman–Crippen LogP) is 4.71. The second-order valence-electron chi connectivity index (χ2n) is 5.02. The van der Waals surface area contributed by atoms with Crippen LogP contribution in [0.25, 0.3) is 0 Å². The lowest BCUT2D eigenvalue weighted by Crippen LogP contribution is -2.17. The third-order valence-electron chi connectivity index (χ3n) is 3.09. The number of anilines is 1. The molecule has 122 valence electrons. The van der Waals surface area contributed by atoms with E-state index >= 15 is 0 Å². The van der Waals surface area contributed by atoms with Crippen molar-refractivity contribution in [2.75, 3.05) is 17.5 Å². The normalized spacial score (nSPS) is 9.74. The number of hydrogen-bond donors (Lipinski definition) is 0. The van der Waals surface area contributed by atoms with Crippen LogP contribution in [0.4, 0.5) is 10.1 Å². The van der Waals surface area contributed by atoms with Gasteiger partial charge in [0, 0.05) is 10.6 Å². The van der Waals surface area contributed by atoms with Gasteiger partial charge in [0.2, 0.25) is 0 Å². The second-order valence-corrected chi connectivity index (χ2v) is 6.12. The molecule has 0 aliphatic carbocycles. The first kappa shape index (κ1) is 18.9. The highest BCUT2D eigenvalue weighted by molar-refractivity contribution is 8.00. The van der Waals surface area contributed by atoms with Crippen molar-refractivity contribution in [3.8, 4) is 0 Å². The quantitative estimate of drug-likeness (QED) is 0.718. The Morgan fingerprint density at radius 1 is 1.04 bits per heavy atom. The maximum Gasteiger partial charge on any atom is 0.373 e. The first-order chi connectivity index (χ1) is 11.1. The molecule has 23 heavy (non-hydrogen) atoms. The van der Waals surface area contributed by atoms with Crippen LogP contribution in [0, 0.1) is 0 Å². The highest BCUT2D eigenvalue weighted by atomic mass is 32.2. The Bertz CT molecular complexity index is 596. The number of nitrogens with zero attached hydrogens (tertiary/aromatic N) is 1. The monoisotopic (exact) mass is 333 g/mol. The molecule has 0 saturated heterocycles. The summed E-state index contributed by atoms with van der Waals surface area (Å²) in [6.07, 6.45) is 0.250. The van der Waals surface area contributed by atoms with Gasteiger partial charge in [-0.2, -0.15) is 9.59 Å². The van der Waals surface area contributed by atoms with E-state index in [0.717, 1.165) is 10.6 Å². The molecule has 0 fully saturated rings. The van der Waals surface area contributed by atoms with E-state index in [1.54, 1.807) is 11.9 Å². The number of rotatable bonds is 6. The molecule has 0 unspecified atom stereocenters. The average molecular weight is 333 g/mol. The Morgan fingerprint density at radius 3 is 2.09 bits per heavy atom. The van der Waals surface area contributed by atoms with Crippen LogP contribution in [0.1, 0.15) is 25.3 Å². The van der Waals surface area contributed by atoms with Gasteiger partial charge < -0.3 is 4.31 Å². The van der Waals surface area contributed by atoms with Gasteiger partial charge in [0.05, 0.1) is 6.54 Å². The summed E-state index contributed by atoms with van der Waals surface area (Å²) in [6.45, 7) is 4.38. The van der Waals surface area contributed by atoms with Gasteiger partial charge in [-0.25, -0.2) is 4.39 Å². The fourth-order valence-corrected chi connectivity index (χ4v) is 2.86. The standard InChI is InChI=1S/C17H20FNS.CO2/c1-14(2)15-8-10-16(11-9-15)19(13-12-18)20-17-6-4-3-5-7-17;2-1-3/h3-11,14H,12-13H2,1-2H3;. The first-order valence-electron chi connectivity index (χ1n) is 7.28. The third kappa shape index (κ3) is 6.68. The van der Waals surface area contributed by atoms with Crippen molar-refractivity contribution >= 4 is 23.8 Å². The van der Waals surface area contributed by atoms with Gasteiger partial charge >= 0.3 is 6.15 Å². The largest absolute Gasteiger partial charge is 0.373 e. The summed E-state index contributed by atoms with van der Waals surface area (Å²) in [5, 5.41) is 0. The van der Waals surface area contributed by atoms with Crippen LogP contribution in [0.15, 0.2) is 59.5 Å². The summed E-state index contributed by atoms with van der Waals surface area (Å²) in [4.78, 5) is 17.4. The second kappa shape index (κ2) is 10.6. The molecule has 0 saturated carbocycles. The third-order valence-corrected chi connectivity index (χ3v) is 4.19. The predicted molar refractivity (Wildman–Crippen MR) is 91.2 cm³/mol. The number of alkyl halides is 1. The first-order valence-corrected chi connectivity index (χ1v) is 8.05. The van der Waals surface area contributed by atoms with E-state index in [4.69, 9.17) is 9.59 Å². The van der Waals surface area contributed by atoms with Crippen LogP contribution in [-0.4, -0.2) is 19.4 Å². The topological polar surface area (TPSA) is 37.4 Å². The van der Waals surface area contributed by atoms with Crippen LogP contribution in [0.3, 0.4) is 0 Å². The van der Waals surface area contributed by atoms with Crippen molar-refractivity contribution in [3.05, 3.63) is 60.2 Å². The molecular formula is C18H20FNO2S. The van der Waals surface area contributed by atoms with Gasteiger partial charge in [-0.1, -0.05) is 44.2 Å². The van der Waals surface area contributed by atoms with E-state index in [-0.39, 0.29) is 12.8 Å². The van der Waals surface area contributed by atoms with Gasteiger partial charge in [0.25, 0.3) is 0 Å². The van der Waals surface area contributed by atoms with Crippen LogP contribution in [-0.2, 0) is 9.59 Å². The van der Waals surface area contributed by atoms with Gasteiger partial charge in [-0.3, -0.25) is 0 Å². The molecular weight excluding hydrogens is 313 g/mol. The van der Waals surface area contributed by atoms with Crippen molar-refractivity contribution in [2.45, 2.75) is 24.7 Å². The fraction of sp³-hybridized carbons (Fsp3) is 0.278. The van der Waals surface area contributed by atoms with Crippen molar-refractivity contribution < 1.29 is 14.0 Å². The number of hydrogen-bond acceptors (Lipinski definition) is 4. The molecule has 0 heterocycles. The van der Waals surface area contributed by atoms with Crippen LogP contribution in [0.5, 0.6) is 0 Å².